The summed E-state index contributed by atoms with van der Waals surface area (Å²) in [6, 6.07) is 7.34. The third-order valence-corrected chi connectivity index (χ3v) is 2.89. The third kappa shape index (κ3) is 5.43. The van der Waals surface area contributed by atoms with E-state index in [4.69, 9.17) is 5.73 Å². The van der Waals surface area contributed by atoms with Gasteiger partial charge in [0.15, 0.2) is 0 Å². The molecule has 0 bridgehead atoms. The molecule has 0 fully saturated rings. The normalized spacial score (nSPS) is 12.3. The van der Waals surface area contributed by atoms with Crippen molar-refractivity contribution in [3.8, 4) is 0 Å². The monoisotopic (exact) mass is 281 g/mol. The molecule has 0 heterocycles. The fourth-order valence-electron chi connectivity index (χ4n) is 1.27. The molecule has 0 aromatic heterocycles. The lowest BCUT2D eigenvalue weighted by molar-refractivity contribution is -0.757. The first-order valence-electron chi connectivity index (χ1n) is 5.55. The smallest absolute Gasteiger partial charge is 0.294 e. The Bertz CT molecular complexity index is 515. The fourth-order valence-corrected chi connectivity index (χ4v) is 1.42. The first kappa shape index (κ1) is 15.0. The van der Waals surface area contributed by atoms with Crippen molar-refractivity contribution in [1.82, 2.24) is 0 Å². The Hall–Kier alpha value is -2.02. The van der Waals surface area contributed by atoms with E-state index in [1.165, 1.54) is 0 Å². The van der Waals surface area contributed by atoms with Crippen LogP contribution in [0.15, 0.2) is 39.9 Å². The highest BCUT2D eigenvalue weighted by Crippen LogP contribution is 2.15. The molecule has 1 aromatic rings. The highest BCUT2D eigenvalue weighted by molar-refractivity contribution is 7.84. The summed E-state index contributed by atoms with van der Waals surface area (Å²) in [4.78, 5) is 19.1. The second-order valence-electron chi connectivity index (χ2n) is 3.73. The number of rotatable bonds is 6. The van der Waals surface area contributed by atoms with E-state index in [2.05, 4.69) is 22.5 Å². The van der Waals surface area contributed by atoms with E-state index >= 15 is 0 Å². The Kier molecular flexibility index (Phi) is 5.87. The summed E-state index contributed by atoms with van der Waals surface area (Å²) in [6.45, 7) is 1.73. The predicted octanol–water partition coefficient (Wildman–Crippen LogP) is 2.45. The molecule has 0 radical (unpaired) electrons. The van der Waals surface area contributed by atoms with Crippen molar-refractivity contribution in [1.29, 1.82) is 0 Å². The number of para-hydroxylation sites is 1. The minimum Gasteiger partial charge on any atom is -0.398 e. The van der Waals surface area contributed by atoms with Crippen LogP contribution in [0.1, 0.15) is 18.9 Å². The second-order valence-corrected chi connectivity index (χ2v) is 4.27. The van der Waals surface area contributed by atoms with E-state index in [9.17, 15) is 10.1 Å². The van der Waals surface area contributed by atoms with Crippen molar-refractivity contribution in [3.63, 3.8) is 0 Å². The summed E-state index contributed by atoms with van der Waals surface area (Å²) in [5, 5.41) is 9.17. The van der Waals surface area contributed by atoms with Crippen molar-refractivity contribution in [3.05, 3.63) is 50.5 Å². The van der Waals surface area contributed by atoms with Crippen molar-refractivity contribution >= 4 is 24.5 Å². The van der Waals surface area contributed by atoms with Crippen molar-refractivity contribution < 1.29 is 9.92 Å². The highest BCUT2D eigenvalue weighted by Gasteiger charge is 2.00. The van der Waals surface area contributed by atoms with Crippen LogP contribution in [0.3, 0.4) is 0 Å². The quantitative estimate of drug-likeness (QED) is 0.275. The minimum absolute atomic E-state index is 0.0355. The van der Waals surface area contributed by atoms with E-state index in [-0.39, 0.29) is 6.61 Å². The Labute approximate surface area is 116 Å². The van der Waals surface area contributed by atoms with Gasteiger partial charge >= 0.3 is 0 Å². The van der Waals surface area contributed by atoms with E-state index in [0.29, 0.717) is 22.7 Å². The van der Waals surface area contributed by atoms with Crippen LogP contribution < -0.4 is 5.73 Å². The zero-order valence-corrected chi connectivity index (χ0v) is 11.3. The van der Waals surface area contributed by atoms with Gasteiger partial charge in [-0.25, -0.2) is 0 Å². The molecule has 102 valence electrons. The van der Waals surface area contributed by atoms with E-state index < -0.39 is 5.09 Å². The Balaban J connectivity index is 2.64. The number of nitrogens with zero attached hydrogens (tertiary/aromatic N) is 2. The molecular formula is C12H15N3O3S. The third-order valence-electron chi connectivity index (χ3n) is 2.35. The van der Waals surface area contributed by atoms with Gasteiger partial charge < -0.3 is 10.6 Å². The molecule has 7 heteroatoms. The summed E-state index contributed by atoms with van der Waals surface area (Å²) in [5.41, 5.74) is 7.89. The molecule has 19 heavy (non-hydrogen) atoms. The number of aliphatic imine (C=N–C) groups is 1. The van der Waals surface area contributed by atoms with Crippen molar-refractivity contribution in [2.75, 3.05) is 12.3 Å². The minimum atomic E-state index is -0.829. The van der Waals surface area contributed by atoms with Crippen LogP contribution in [0, 0.1) is 10.1 Å². The summed E-state index contributed by atoms with van der Waals surface area (Å²) in [5.74, 6) is 0. The standard InChI is InChI=1S/C12H15N3O3S/c1-9(12(19)6-7-18-15(16)17)14-8-10-4-2-3-5-11(10)13/h2-5,8,19H,6-7,13H2,1H3/b12-9-,14-8?. The molecule has 0 saturated carbocycles. The lowest BCUT2D eigenvalue weighted by Crippen LogP contribution is -2.02. The maximum absolute atomic E-state index is 10.00. The average molecular weight is 281 g/mol. The predicted molar refractivity (Wildman–Crippen MR) is 77.7 cm³/mol. The van der Waals surface area contributed by atoms with Gasteiger partial charge in [-0.15, -0.1) is 22.7 Å². The molecule has 0 saturated heterocycles. The van der Waals surface area contributed by atoms with Gasteiger partial charge in [0.2, 0.25) is 0 Å². The van der Waals surface area contributed by atoms with Gasteiger partial charge in [0.1, 0.15) is 6.61 Å². The van der Waals surface area contributed by atoms with Gasteiger partial charge in [-0.05, 0) is 13.0 Å². The van der Waals surface area contributed by atoms with Gasteiger partial charge in [-0.3, -0.25) is 4.99 Å². The highest BCUT2D eigenvalue weighted by atomic mass is 32.1. The largest absolute Gasteiger partial charge is 0.398 e. The lowest BCUT2D eigenvalue weighted by Gasteiger charge is -2.03. The summed E-state index contributed by atoms with van der Waals surface area (Å²) >= 11 is 4.23. The van der Waals surface area contributed by atoms with Gasteiger partial charge in [0.05, 0.1) is 0 Å². The zero-order valence-electron chi connectivity index (χ0n) is 10.4. The molecule has 0 aliphatic carbocycles. The molecule has 0 amide bonds. The number of anilines is 1. The van der Waals surface area contributed by atoms with Crippen LogP contribution in [0.25, 0.3) is 0 Å². The van der Waals surface area contributed by atoms with Crippen LogP contribution in [0.4, 0.5) is 5.69 Å². The summed E-state index contributed by atoms with van der Waals surface area (Å²) < 4.78 is 0. The molecule has 0 atom stereocenters. The fraction of sp³-hybridized carbons (Fsp3) is 0.250. The molecule has 2 N–H and O–H groups in total. The number of hydrogen-bond donors (Lipinski definition) is 2. The van der Waals surface area contributed by atoms with Gasteiger partial charge in [-0.1, -0.05) is 18.2 Å². The Morgan fingerprint density at radius 1 is 1.58 bits per heavy atom. The molecule has 6 nitrogen and oxygen atoms in total. The Morgan fingerprint density at radius 3 is 2.89 bits per heavy atom. The van der Waals surface area contributed by atoms with Crippen LogP contribution in [-0.4, -0.2) is 17.9 Å². The van der Waals surface area contributed by atoms with Crippen LogP contribution in [0.2, 0.25) is 0 Å². The average Bonchev–Trinajstić information content (AvgIpc) is 2.36. The van der Waals surface area contributed by atoms with Crippen LogP contribution in [0.5, 0.6) is 0 Å². The Morgan fingerprint density at radius 2 is 2.26 bits per heavy atom. The summed E-state index contributed by atoms with van der Waals surface area (Å²) in [7, 11) is 0. The maximum atomic E-state index is 10.00. The van der Waals surface area contributed by atoms with Crippen LogP contribution >= 0.6 is 12.6 Å². The second kappa shape index (κ2) is 7.42. The first-order valence-corrected chi connectivity index (χ1v) is 6.00. The zero-order chi connectivity index (χ0) is 14.3. The molecule has 0 aliphatic rings. The van der Waals surface area contributed by atoms with Gasteiger partial charge in [-0.2, -0.15) is 0 Å². The molecule has 1 aromatic carbocycles. The number of hydrogen-bond acceptors (Lipinski definition) is 6. The molecule has 0 unspecified atom stereocenters. The van der Waals surface area contributed by atoms with Gasteiger partial charge in [0.25, 0.3) is 5.09 Å². The molecular weight excluding hydrogens is 266 g/mol. The topological polar surface area (TPSA) is 90.8 Å². The van der Waals surface area contributed by atoms with E-state index in [1.54, 1.807) is 19.2 Å². The van der Waals surface area contributed by atoms with Crippen molar-refractivity contribution in [2.45, 2.75) is 13.3 Å². The number of nitrogens with two attached hydrogens (primary N) is 1. The molecule has 0 aliphatic heterocycles. The maximum Gasteiger partial charge on any atom is 0.294 e. The van der Waals surface area contributed by atoms with E-state index in [0.717, 1.165) is 5.56 Å². The number of thiol groups is 1. The molecule has 0 spiro atoms. The molecule has 1 rings (SSSR count). The SMILES string of the molecule is C/C(N=Cc1ccccc1N)=C(/S)CCO[N+](=O)[O-]. The van der Waals surface area contributed by atoms with Gasteiger partial charge in [0, 0.05) is 34.5 Å². The first-order chi connectivity index (χ1) is 9.00. The lowest BCUT2D eigenvalue weighted by atomic mass is 10.2. The number of allylic oxidation sites excluding steroid dienone is 1. The van der Waals surface area contributed by atoms with E-state index in [1.807, 2.05) is 18.2 Å². The number of nitrogen functional groups attached to an aromatic ring is 1. The number of benzene rings is 1. The van der Waals surface area contributed by atoms with Crippen LogP contribution in [-0.2, 0) is 4.84 Å². The van der Waals surface area contributed by atoms with Crippen molar-refractivity contribution in [2.24, 2.45) is 4.99 Å². The summed E-state index contributed by atoms with van der Waals surface area (Å²) in [6.07, 6.45) is 1.97.